The van der Waals surface area contributed by atoms with E-state index in [0.29, 0.717) is 54.8 Å². The van der Waals surface area contributed by atoms with Crippen LogP contribution >= 0.6 is 11.6 Å². The zero-order chi connectivity index (χ0) is 23.1. The minimum absolute atomic E-state index is 0.139. The SMILES string of the molecule is CC(C)CNC(=O)c1ccccc1NC(=O)COC(=O)c1cc(Cl)c2c(c1)OCCCO2. The molecule has 2 N–H and O–H groups in total. The van der Waals surface area contributed by atoms with Gasteiger partial charge in [0, 0.05) is 13.0 Å². The van der Waals surface area contributed by atoms with E-state index in [4.69, 9.17) is 25.8 Å². The first-order valence-electron chi connectivity index (χ1n) is 10.3. The minimum atomic E-state index is -0.736. The standard InChI is InChI=1S/C23H25ClN2O6/c1-14(2)12-25-22(28)16-6-3-4-7-18(16)26-20(27)13-32-23(29)15-10-17(24)21-19(11-15)30-8-5-9-31-21/h3-4,6-7,10-11,14H,5,8-9,12-13H2,1-2H3,(H,25,28)(H,26,27). The lowest BCUT2D eigenvalue weighted by Crippen LogP contribution is -2.29. The Kier molecular flexibility index (Phi) is 7.94. The molecule has 170 valence electrons. The fourth-order valence-electron chi connectivity index (χ4n) is 2.93. The van der Waals surface area contributed by atoms with Crippen LogP contribution in [0.5, 0.6) is 11.5 Å². The number of ether oxygens (including phenoxy) is 3. The van der Waals surface area contributed by atoms with Crippen molar-refractivity contribution in [3.8, 4) is 11.5 Å². The van der Waals surface area contributed by atoms with E-state index >= 15 is 0 Å². The normalized spacial score (nSPS) is 12.6. The largest absolute Gasteiger partial charge is 0.489 e. The summed E-state index contributed by atoms with van der Waals surface area (Å²) in [5.74, 6) is -0.589. The molecule has 32 heavy (non-hydrogen) atoms. The Morgan fingerprint density at radius 2 is 1.88 bits per heavy atom. The predicted molar refractivity (Wildman–Crippen MR) is 120 cm³/mol. The van der Waals surface area contributed by atoms with Gasteiger partial charge in [0.05, 0.1) is 35.1 Å². The highest BCUT2D eigenvalue weighted by molar-refractivity contribution is 6.32. The van der Waals surface area contributed by atoms with Gasteiger partial charge in [-0.25, -0.2) is 4.79 Å². The van der Waals surface area contributed by atoms with E-state index in [0.717, 1.165) is 0 Å². The summed E-state index contributed by atoms with van der Waals surface area (Å²) >= 11 is 6.20. The van der Waals surface area contributed by atoms with Crippen LogP contribution in [0.15, 0.2) is 36.4 Å². The Bertz CT molecular complexity index is 1010. The van der Waals surface area contributed by atoms with Crippen molar-refractivity contribution >= 4 is 35.1 Å². The van der Waals surface area contributed by atoms with Gasteiger partial charge in [0.15, 0.2) is 18.1 Å². The van der Waals surface area contributed by atoms with E-state index in [1.54, 1.807) is 24.3 Å². The van der Waals surface area contributed by atoms with Crippen molar-refractivity contribution in [3.63, 3.8) is 0 Å². The van der Waals surface area contributed by atoms with Crippen molar-refractivity contribution in [3.05, 3.63) is 52.5 Å². The number of hydrogen-bond donors (Lipinski definition) is 2. The monoisotopic (exact) mass is 460 g/mol. The molecular formula is C23H25ClN2O6. The number of para-hydroxylation sites is 1. The van der Waals surface area contributed by atoms with E-state index in [2.05, 4.69) is 10.6 Å². The van der Waals surface area contributed by atoms with Crippen LogP contribution in [0.4, 0.5) is 5.69 Å². The van der Waals surface area contributed by atoms with E-state index in [-0.39, 0.29) is 16.5 Å². The average molecular weight is 461 g/mol. The minimum Gasteiger partial charge on any atom is -0.489 e. The van der Waals surface area contributed by atoms with Gasteiger partial charge < -0.3 is 24.8 Å². The van der Waals surface area contributed by atoms with Gasteiger partial charge in [-0.2, -0.15) is 0 Å². The summed E-state index contributed by atoms with van der Waals surface area (Å²) in [6.07, 6.45) is 0.696. The topological polar surface area (TPSA) is 103 Å². The number of rotatable bonds is 7. The lowest BCUT2D eigenvalue weighted by molar-refractivity contribution is -0.119. The second-order valence-electron chi connectivity index (χ2n) is 7.61. The molecular weight excluding hydrogens is 436 g/mol. The van der Waals surface area contributed by atoms with Gasteiger partial charge in [-0.1, -0.05) is 37.6 Å². The molecule has 2 aromatic carbocycles. The van der Waals surface area contributed by atoms with E-state index in [9.17, 15) is 14.4 Å². The van der Waals surface area contributed by atoms with E-state index in [1.807, 2.05) is 13.8 Å². The first-order valence-corrected chi connectivity index (χ1v) is 10.7. The van der Waals surface area contributed by atoms with Crippen LogP contribution in [0.25, 0.3) is 0 Å². The van der Waals surface area contributed by atoms with Crippen LogP contribution in [0.3, 0.4) is 0 Å². The van der Waals surface area contributed by atoms with Gasteiger partial charge in [-0.05, 0) is 30.2 Å². The molecule has 9 heteroatoms. The number of anilines is 1. The Morgan fingerprint density at radius 3 is 2.66 bits per heavy atom. The highest BCUT2D eigenvalue weighted by Crippen LogP contribution is 2.38. The Morgan fingerprint density at radius 1 is 1.12 bits per heavy atom. The molecule has 0 aliphatic carbocycles. The van der Waals surface area contributed by atoms with Crippen LogP contribution in [-0.4, -0.2) is 44.1 Å². The molecule has 0 bridgehead atoms. The van der Waals surface area contributed by atoms with Gasteiger partial charge >= 0.3 is 5.97 Å². The van der Waals surface area contributed by atoms with Crippen LogP contribution in [0.1, 0.15) is 41.0 Å². The number of nitrogens with one attached hydrogen (secondary N) is 2. The highest BCUT2D eigenvalue weighted by Gasteiger charge is 2.20. The summed E-state index contributed by atoms with van der Waals surface area (Å²) in [5, 5.41) is 5.64. The van der Waals surface area contributed by atoms with Crippen LogP contribution in [-0.2, 0) is 9.53 Å². The summed E-state index contributed by atoms with van der Waals surface area (Å²) in [4.78, 5) is 37.2. The van der Waals surface area contributed by atoms with Crippen molar-refractivity contribution in [1.29, 1.82) is 0 Å². The molecule has 0 radical (unpaired) electrons. The number of amides is 2. The third-order valence-corrected chi connectivity index (χ3v) is 4.77. The smallest absolute Gasteiger partial charge is 0.338 e. The quantitative estimate of drug-likeness (QED) is 0.611. The van der Waals surface area contributed by atoms with E-state index < -0.39 is 18.5 Å². The molecule has 1 aliphatic heterocycles. The third kappa shape index (κ3) is 6.13. The van der Waals surface area contributed by atoms with Crippen LogP contribution < -0.4 is 20.1 Å². The molecule has 0 spiro atoms. The van der Waals surface area contributed by atoms with Gasteiger partial charge in [-0.3, -0.25) is 9.59 Å². The molecule has 0 aromatic heterocycles. The molecule has 0 saturated carbocycles. The first-order chi connectivity index (χ1) is 15.3. The predicted octanol–water partition coefficient (Wildman–Crippen LogP) is 3.68. The van der Waals surface area contributed by atoms with Crippen molar-refractivity contribution < 1.29 is 28.6 Å². The molecule has 0 saturated heterocycles. The van der Waals surface area contributed by atoms with Crippen LogP contribution in [0, 0.1) is 5.92 Å². The highest BCUT2D eigenvalue weighted by atomic mass is 35.5. The van der Waals surface area contributed by atoms with Crippen molar-refractivity contribution in [2.24, 2.45) is 5.92 Å². The van der Waals surface area contributed by atoms with Crippen molar-refractivity contribution in [2.45, 2.75) is 20.3 Å². The maximum atomic E-state index is 12.4. The molecule has 2 amide bonds. The fourth-order valence-corrected chi connectivity index (χ4v) is 3.20. The molecule has 1 aliphatic rings. The van der Waals surface area contributed by atoms with Gasteiger partial charge in [-0.15, -0.1) is 0 Å². The van der Waals surface area contributed by atoms with Gasteiger partial charge in [0.2, 0.25) is 0 Å². The molecule has 2 aromatic rings. The average Bonchev–Trinajstić information content (AvgIpc) is 3.02. The zero-order valence-corrected chi connectivity index (χ0v) is 18.7. The summed E-state index contributed by atoms with van der Waals surface area (Å²) in [6.45, 7) is 4.85. The van der Waals surface area contributed by atoms with Crippen molar-refractivity contribution in [1.82, 2.24) is 5.32 Å². The lowest BCUT2D eigenvalue weighted by Gasteiger charge is -2.13. The number of carbonyl (C=O) groups is 3. The molecule has 3 rings (SSSR count). The van der Waals surface area contributed by atoms with Crippen LogP contribution in [0.2, 0.25) is 5.02 Å². The Hall–Kier alpha value is -3.26. The second-order valence-corrected chi connectivity index (χ2v) is 8.02. The molecule has 0 unspecified atom stereocenters. The van der Waals surface area contributed by atoms with Crippen molar-refractivity contribution in [2.75, 3.05) is 31.7 Å². The Balaban J connectivity index is 1.61. The Labute approximate surface area is 191 Å². The zero-order valence-electron chi connectivity index (χ0n) is 17.9. The van der Waals surface area contributed by atoms with Gasteiger partial charge in [0.1, 0.15) is 0 Å². The number of halogens is 1. The maximum Gasteiger partial charge on any atom is 0.338 e. The number of benzene rings is 2. The number of esters is 1. The number of fused-ring (bicyclic) bond motifs is 1. The fraction of sp³-hybridized carbons (Fsp3) is 0.348. The summed E-state index contributed by atoms with van der Waals surface area (Å²) in [6, 6.07) is 9.49. The molecule has 0 fully saturated rings. The summed E-state index contributed by atoms with van der Waals surface area (Å²) in [7, 11) is 0. The summed E-state index contributed by atoms with van der Waals surface area (Å²) in [5.41, 5.74) is 0.788. The van der Waals surface area contributed by atoms with Gasteiger partial charge in [0.25, 0.3) is 11.8 Å². The molecule has 1 heterocycles. The third-order valence-electron chi connectivity index (χ3n) is 4.49. The second kappa shape index (κ2) is 10.9. The lowest BCUT2D eigenvalue weighted by atomic mass is 10.1. The number of carbonyl (C=O) groups excluding carboxylic acids is 3. The molecule has 8 nitrogen and oxygen atoms in total. The first kappa shape index (κ1) is 23.4. The number of hydrogen-bond acceptors (Lipinski definition) is 6. The van der Waals surface area contributed by atoms with E-state index in [1.165, 1.54) is 12.1 Å². The summed E-state index contributed by atoms with van der Waals surface area (Å²) < 4.78 is 16.2. The molecule has 0 atom stereocenters. The maximum absolute atomic E-state index is 12.4.